The quantitative estimate of drug-likeness (QED) is 0.644. The van der Waals surface area contributed by atoms with E-state index in [1.165, 1.54) is 0 Å². The molecule has 0 radical (unpaired) electrons. The molecule has 3 heteroatoms. The molecule has 0 aromatic heterocycles. The molecular formula is C8H17NO2. The Kier molecular flexibility index (Phi) is 4.86. The van der Waals surface area contributed by atoms with Crippen LogP contribution in [0, 0.1) is 11.8 Å². The smallest absolute Gasteiger partial charge is 0.222 e. The summed E-state index contributed by atoms with van der Waals surface area (Å²) in [5.74, 6) is 0.0394. The highest BCUT2D eigenvalue weighted by atomic mass is 16.5. The lowest BCUT2D eigenvalue weighted by Crippen LogP contribution is -2.25. The summed E-state index contributed by atoms with van der Waals surface area (Å²) < 4.78 is 5.22. The fourth-order valence-electron chi connectivity index (χ4n) is 0.563. The first-order valence-electron chi connectivity index (χ1n) is 3.91. The molecule has 3 nitrogen and oxygen atoms in total. The third kappa shape index (κ3) is 5.85. The van der Waals surface area contributed by atoms with Gasteiger partial charge in [-0.05, 0) is 5.92 Å². The molecule has 1 amide bonds. The highest BCUT2D eigenvalue weighted by molar-refractivity contribution is 5.76. The predicted molar refractivity (Wildman–Crippen MR) is 44.0 cm³/mol. The van der Waals surface area contributed by atoms with Crippen molar-refractivity contribution < 1.29 is 9.53 Å². The lowest BCUT2D eigenvalue weighted by atomic mass is 10.2. The number of hydrogen-bond acceptors (Lipinski definition) is 2. The predicted octanol–water partition coefficient (Wildman–Crippen LogP) is 0.780. The molecule has 1 atom stereocenters. The van der Waals surface area contributed by atoms with E-state index in [1.54, 1.807) is 6.92 Å². The Hall–Kier alpha value is -0.570. The minimum atomic E-state index is -0.297. The molecular weight excluding hydrogens is 142 g/mol. The van der Waals surface area contributed by atoms with Gasteiger partial charge in [-0.15, -0.1) is 0 Å². The molecule has 0 saturated heterocycles. The van der Waals surface area contributed by atoms with Gasteiger partial charge < -0.3 is 10.5 Å². The molecule has 0 aromatic carbocycles. The van der Waals surface area contributed by atoms with Crippen molar-refractivity contribution in [1.29, 1.82) is 0 Å². The van der Waals surface area contributed by atoms with Crippen LogP contribution in [0.1, 0.15) is 20.8 Å². The second kappa shape index (κ2) is 5.13. The summed E-state index contributed by atoms with van der Waals surface area (Å²) in [7, 11) is 0. The molecule has 66 valence electrons. The van der Waals surface area contributed by atoms with Crippen molar-refractivity contribution >= 4 is 5.91 Å². The lowest BCUT2D eigenvalue weighted by molar-refractivity contribution is -0.123. The number of carbonyl (C=O) groups is 1. The van der Waals surface area contributed by atoms with Gasteiger partial charge in [0.15, 0.2) is 0 Å². The maximum absolute atomic E-state index is 10.5. The first-order chi connectivity index (χ1) is 5.04. The molecule has 0 aliphatic heterocycles. The van der Waals surface area contributed by atoms with Crippen LogP contribution >= 0.6 is 0 Å². The van der Waals surface area contributed by atoms with Crippen molar-refractivity contribution in [1.82, 2.24) is 0 Å². The molecule has 0 fully saturated rings. The van der Waals surface area contributed by atoms with Gasteiger partial charge in [0.05, 0.1) is 12.5 Å². The molecule has 0 spiro atoms. The van der Waals surface area contributed by atoms with Gasteiger partial charge in [-0.25, -0.2) is 0 Å². The van der Waals surface area contributed by atoms with Crippen molar-refractivity contribution in [3.63, 3.8) is 0 Å². The van der Waals surface area contributed by atoms with Gasteiger partial charge in [0.1, 0.15) is 0 Å². The summed E-state index contributed by atoms with van der Waals surface area (Å²) >= 11 is 0. The molecule has 0 bridgehead atoms. The number of rotatable bonds is 5. The van der Waals surface area contributed by atoms with Crippen LogP contribution in [-0.2, 0) is 9.53 Å². The Morgan fingerprint density at radius 1 is 1.36 bits per heavy atom. The summed E-state index contributed by atoms with van der Waals surface area (Å²) in [5.41, 5.74) is 5.03. The van der Waals surface area contributed by atoms with E-state index < -0.39 is 0 Å². The monoisotopic (exact) mass is 159 g/mol. The summed E-state index contributed by atoms with van der Waals surface area (Å²) in [6.45, 7) is 7.03. The molecule has 0 unspecified atom stereocenters. The van der Waals surface area contributed by atoms with Gasteiger partial charge >= 0.3 is 0 Å². The second-order valence-electron chi connectivity index (χ2n) is 3.23. The Morgan fingerprint density at radius 2 is 1.91 bits per heavy atom. The molecule has 0 aromatic rings. The van der Waals surface area contributed by atoms with Crippen LogP contribution in [0.2, 0.25) is 0 Å². The number of amides is 1. The van der Waals surface area contributed by atoms with Crippen LogP contribution in [0.4, 0.5) is 0 Å². The van der Waals surface area contributed by atoms with Crippen LogP contribution in [-0.4, -0.2) is 19.1 Å². The summed E-state index contributed by atoms with van der Waals surface area (Å²) in [4.78, 5) is 10.5. The SMILES string of the molecule is CC(C)COC[C@H](C)C(N)=O. The number of primary amides is 1. The van der Waals surface area contributed by atoms with E-state index in [-0.39, 0.29) is 11.8 Å². The minimum Gasteiger partial charge on any atom is -0.380 e. The molecule has 0 aliphatic rings. The number of nitrogens with two attached hydrogens (primary N) is 1. The van der Waals surface area contributed by atoms with Gasteiger partial charge in [-0.1, -0.05) is 20.8 Å². The Bertz CT molecular complexity index is 123. The highest BCUT2D eigenvalue weighted by Crippen LogP contribution is 1.97. The molecule has 0 heterocycles. The standard InChI is InChI=1S/C8H17NO2/c1-6(2)4-11-5-7(3)8(9)10/h6-7H,4-5H2,1-3H3,(H2,9,10)/t7-/m0/s1. The topological polar surface area (TPSA) is 52.3 Å². The molecule has 11 heavy (non-hydrogen) atoms. The zero-order valence-electron chi connectivity index (χ0n) is 7.46. The molecule has 0 aliphatic carbocycles. The third-order valence-corrected chi connectivity index (χ3v) is 1.30. The van der Waals surface area contributed by atoms with E-state index >= 15 is 0 Å². The lowest BCUT2D eigenvalue weighted by Gasteiger charge is -2.09. The van der Waals surface area contributed by atoms with Crippen molar-refractivity contribution in [2.75, 3.05) is 13.2 Å². The van der Waals surface area contributed by atoms with E-state index in [1.807, 2.05) is 0 Å². The summed E-state index contributed by atoms with van der Waals surface area (Å²) in [6, 6.07) is 0. The fraction of sp³-hybridized carbons (Fsp3) is 0.875. The minimum absolute atomic E-state index is 0.172. The maximum Gasteiger partial charge on any atom is 0.222 e. The van der Waals surface area contributed by atoms with Gasteiger partial charge in [0, 0.05) is 6.61 Å². The van der Waals surface area contributed by atoms with E-state index in [9.17, 15) is 4.79 Å². The average molecular weight is 159 g/mol. The van der Waals surface area contributed by atoms with Crippen molar-refractivity contribution in [2.45, 2.75) is 20.8 Å². The van der Waals surface area contributed by atoms with Crippen molar-refractivity contribution in [2.24, 2.45) is 17.6 Å². The molecule has 0 saturated carbocycles. The largest absolute Gasteiger partial charge is 0.380 e. The second-order valence-corrected chi connectivity index (χ2v) is 3.23. The zero-order chi connectivity index (χ0) is 8.85. The maximum atomic E-state index is 10.5. The average Bonchev–Trinajstić information content (AvgIpc) is 1.86. The molecule has 2 N–H and O–H groups in total. The summed E-state index contributed by atoms with van der Waals surface area (Å²) in [5, 5.41) is 0. The van der Waals surface area contributed by atoms with Crippen LogP contribution in [0.3, 0.4) is 0 Å². The van der Waals surface area contributed by atoms with Gasteiger partial charge in [-0.3, -0.25) is 4.79 Å². The van der Waals surface area contributed by atoms with Crippen LogP contribution < -0.4 is 5.73 Å². The van der Waals surface area contributed by atoms with E-state index in [4.69, 9.17) is 10.5 Å². The first kappa shape index (κ1) is 10.4. The van der Waals surface area contributed by atoms with Gasteiger partial charge in [0.25, 0.3) is 0 Å². The van der Waals surface area contributed by atoms with Crippen molar-refractivity contribution in [3.8, 4) is 0 Å². The molecule has 0 rings (SSSR count). The van der Waals surface area contributed by atoms with Crippen LogP contribution in [0.25, 0.3) is 0 Å². The normalized spacial score (nSPS) is 13.5. The van der Waals surface area contributed by atoms with Crippen LogP contribution in [0.15, 0.2) is 0 Å². The Labute approximate surface area is 67.9 Å². The third-order valence-electron chi connectivity index (χ3n) is 1.30. The fourth-order valence-corrected chi connectivity index (χ4v) is 0.563. The van der Waals surface area contributed by atoms with E-state index in [2.05, 4.69) is 13.8 Å². The zero-order valence-corrected chi connectivity index (χ0v) is 7.46. The van der Waals surface area contributed by atoms with Gasteiger partial charge in [-0.2, -0.15) is 0 Å². The number of carbonyl (C=O) groups excluding carboxylic acids is 1. The van der Waals surface area contributed by atoms with Crippen molar-refractivity contribution in [3.05, 3.63) is 0 Å². The highest BCUT2D eigenvalue weighted by Gasteiger charge is 2.08. The number of hydrogen-bond donors (Lipinski definition) is 1. The van der Waals surface area contributed by atoms with Gasteiger partial charge in [0.2, 0.25) is 5.91 Å². The van der Waals surface area contributed by atoms with Crippen LogP contribution in [0.5, 0.6) is 0 Å². The Morgan fingerprint density at radius 3 is 2.27 bits per heavy atom. The summed E-state index contributed by atoms with van der Waals surface area (Å²) in [6.07, 6.45) is 0. The first-order valence-corrected chi connectivity index (χ1v) is 3.91. The number of ether oxygens (including phenoxy) is 1. The Balaban J connectivity index is 3.31. The van der Waals surface area contributed by atoms with E-state index in [0.29, 0.717) is 19.1 Å². The van der Waals surface area contributed by atoms with E-state index in [0.717, 1.165) is 0 Å².